The summed E-state index contributed by atoms with van der Waals surface area (Å²) in [5.41, 5.74) is 4.00. The van der Waals surface area contributed by atoms with E-state index in [1.807, 2.05) is 0 Å². The highest BCUT2D eigenvalue weighted by Gasteiger charge is 2.25. The number of carboxylic acid groups (broad SMARTS) is 1. The number of carboxylic acids is 1. The summed E-state index contributed by atoms with van der Waals surface area (Å²) in [6, 6.07) is 6.94. The molecule has 2 rings (SSSR count). The van der Waals surface area contributed by atoms with Gasteiger partial charge in [-0.25, -0.2) is 0 Å². The summed E-state index contributed by atoms with van der Waals surface area (Å²) in [6.45, 7) is 7.49. The summed E-state index contributed by atoms with van der Waals surface area (Å²) < 4.78 is 0. The van der Waals surface area contributed by atoms with Crippen molar-refractivity contribution in [3.8, 4) is 0 Å². The number of nitrogens with one attached hydrogen (secondary N) is 1. The number of benzene rings is 1. The third-order valence-electron chi connectivity index (χ3n) is 4.81. The van der Waals surface area contributed by atoms with E-state index in [0.717, 1.165) is 32.2 Å². The van der Waals surface area contributed by atoms with Crippen LogP contribution in [0.2, 0.25) is 0 Å². The molecule has 2 N–H and O–H groups in total. The van der Waals surface area contributed by atoms with Gasteiger partial charge in [-0.1, -0.05) is 23.8 Å². The summed E-state index contributed by atoms with van der Waals surface area (Å²) in [4.78, 5) is 11.0. The third-order valence-corrected chi connectivity index (χ3v) is 4.81. The molecular weight excluding hydrogens is 262 g/mol. The monoisotopic (exact) mass is 289 g/mol. The second-order valence-electron chi connectivity index (χ2n) is 6.55. The van der Waals surface area contributed by atoms with Crippen LogP contribution in [-0.2, 0) is 4.79 Å². The van der Waals surface area contributed by atoms with Crippen LogP contribution in [-0.4, -0.2) is 17.6 Å². The smallest absolute Gasteiger partial charge is 0.306 e. The van der Waals surface area contributed by atoms with Crippen LogP contribution >= 0.6 is 0 Å². The molecular formula is C18H27NO2. The van der Waals surface area contributed by atoms with Gasteiger partial charge in [0.1, 0.15) is 0 Å². The van der Waals surface area contributed by atoms with Crippen LogP contribution in [0.25, 0.3) is 0 Å². The Morgan fingerprint density at radius 3 is 2.57 bits per heavy atom. The summed E-state index contributed by atoms with van der Waals surface area (Å²) in [5, 5.41) is 12.7. The van der Waals surface area contributed by atoms with Crippen LogP contribution in [0.1, 0.15) is 55.3 Å². The van der Waals surface area contributed by atoms with Gasteiger partial charge in [0.05, 0.1) is 5.92 Å². The molecule has 1 aromatic rings. The Labute approximate surface area is 127 Å². The lowest BCUT2D eigenvalue weighted by atomic mass is 9.82. The lowest BCUT2D eigenvalue weighted by Crippen LogP contribution is -2.30. The molecule has 1 unspecified atom stereocenters. The van der Waals surface area contributed by atoms with E-state index in [9.17, 15) is 4.79 Å². The van der Waals surface area contributed by atoms with E-state index in [1.165, 1.54) is 16.7 Å². The fourth-order valence-electron chi connectivity index (χ4n) is 3.29. The van der Waals surface area contributed by atoms with E-state index in [4.69, 9.17) is 5.11 Å². The van der Waals surface area contributed by atoms with Gasteiger partial charge in [-0.05, 0) is 70.0 Å². The van der Waals surface area contributed by atoms with Crippen LogP contribution in [0, 0.1) is 25.7 Å². The highest BCUT2D eigenvalue weighted by atomic mass is 16.4. The first-order valence-electron chi connectivity index (χ1n) is 8.00. The Balaban J connectivity index is 1.83. The first-order chi connectivity index (χ1) is 9.97. The van der Waals surface area contributed by atoms with Gasteiger partial charge in [0, 0.05) is 6.04 Å². The number of carbonyl (C=O) groups is 1. The van der Waals surface area contributed by atoms with Crippen molar-refractivity contribution in [2.24, 2.45) is 11.8 Å². The average Bonchev–Trinajstić information content (AvgIpc) is 2.47. The van der Waals surface area contributed by atoms with Crippen molar-refractivity contribution in [1.82, 2.24) is 5.32 Å². The quantitative estimate of drug-likeness (QED) is 0.865. The minimum absolute atomic E-state index is 0.113. The van der Waals surface area contributed by atoms with Crippen molar-refractivity contribution >= 4 is 5.97 Å². The van der Waals surface area contributed by atoms with E-state index in [0.29, 0.717) is 12.0 Å². The molecule has 1 aromatic carbocycles. The summed E-state index contributed by atoms with van der Waals surface area (Å²) in [7, 11) is 0. The molecule has 0 spiro atoms. The van der Waals surface area contributed by atoms with Gasteiger partial charge < -0.3 is 10.4 Å². The van der Waals surface area contributed by atoms with Gasteiger partial charge in [0.25, 0.3) is 0 Å². The number of rotatable bonds is 5. The lowest BCUT2D eigenvalue weighted by Gasteiger charge is -2.28. The molecule has 3 nitrogen and oxygen atoms in total. The zero-order chi connectivity index (χ0) is 15.4. The molecule has 3 heteroatoms. The van der Waals surface area contributed by atoms with Crippen molar-refractivity contribution < 1.29 is 9.90 Å². The number of aryl methyl sites for hydroxylation is 2. The summed E-state index contributed by atoms with van der Waals surface area (Å²) in [5.74, 6) is -0.115. The molecule has 1 fully saturated rings. The van der Waals surface area contributed by atoms with Crippen molar-refractivity contribution in [3.05, 3.63) is 34.9 Å². The Morgan fingerprint density at radius 1 is 1.29 bits per heavy atom. The summed E-state index contributed by atoms with van der Waals surface area (Å²) >= 11 is 0. The number of hydrogen-bond acceptors (Lipinski definition) is 2. The normalized spacial score (nSPS) is 23.8. The first-order valence-corrected chi connectivity index (χ1v) is 8.00. The summed E-state index contributed by atoms with van der Waals surface area (Å²) in [6.07, 6.45) is 3.73. The Hall–Kier alpha value is -1.35. The maximum Gasteiger partial charge on any atom is 0.306 e. The van der Waals surface area contributed by atoms with E-state index in [1.54, 1.807) is 0 Å². The fraction of sp³-hybridized carbons (Fsp3) is 0.611. The molecule has 1 saturated carbocycles. The van der Waals surface area contributed by atoms with E-state index in [2.05, 4.69) is 44.3 Å². The molecule has 0 heterocycles. The van der Waals surface area contributed by atoms with Crippen LogP contribution in [0.5, 0.6) is 0 Å². The van der Waals surface area contributed by atoms with Crippen molar-refractivity contribution in [3.63, 3.8) is 0 Å². The van der Waals surface area contributed by atoms with Crippen LogP contribution in [0.4, 0.5) is 0 Å². The number of aliphatic carboxylic acids is 1. The molecule has 0 amide bonds. The van der Waals surface area contributed by atoms with Gasteiger partial charge in [-0.15, -0.1) is 0 Å². The third kappa shape index (κ3) is 4.31. The molecule has 0 saturated heterocycles. The van der Waals surface area contributed by atoms with Crippen molar-refractivity contribution in [2.45, 2.75) is 52.5 Å². The minimum atomic E-state index is -0.620. The standard InChI is InChI=1S/C18H27NO2/c1-12-4-5-13(2)17(10-12)14(3)19-11-15-6-8-16(9-7-15)18(20)21/h4-5,10,14-16,19H,6-9,11H2,1-3H3,(H,20,21). The average molecular weight is 289 g/mol. The topological polar surface area (TPSA) is 49.3 Å². The van der Waals surface area contributed by atoms with Gasteiger partial charge in [0.2, 0.25) is 0 Å². The highest BCUT2D eigenvalue weighted by molar-refractivity contribution is 5.69. The van der Waals surface area contributed by atoms with Crippen molar-refractivity contribution in [2.75, 3.05) is 6.54 Å². The predicted molar refractivity (Wildman–Crippen MR) is 85.4 cm³/mol. The first kappa shape index (κ1) is 16.0. The molecule has 1 aliphatic rings. The Bertz CT molecular complexity index is 490. The lowest BCUT2D eigenvalue weighted by molar-refractivity contribution is -0.143. The zero-order valence-corrected chi connectivity index (χ0v) is 13.4. The second-order valence-corrected chi connectivity index (χ2v) is 6.55. The molecule has 0 bridgehead atoms. The maximum absolute atomic E-state index is 11.0. The SMILES string of the molecule is Cc1ccc(C)c(C(C)NCC2CCC(C(=O)O)CC2)c1. The Morgan fingerprint density at radius 2 is 1.95 bits per heavy atom. The largest absolute Gasteiger partial charge is 0.481 e. The van der Waals surface area contributed by atoms with Crippen LogP contribution in [0.15, 0.2) is 18.2 Å². The molecule has 0 radical (unpaired) electrons. The molecule has 0 aromatic heterocycles. The Kier molecular flexibility index (Phi) is 5.40. The van der Waals surface area contributed by atoms with Gasteiger partial charge in [-0.3, -0.25) is 4.79 Å². The molecule has 21 heavy (non-hydrogen) atoms. The maximum atomic E-state index is 11.0. The fourth-order valence-corrected chi connectivity index (χ4v) is 3.29. The van der Waals surface area contributed by atoms with E-state index >= 15 is 0 Å². The molecule has 116 valence electrons. The molecule has 1 atom stereocenters. The van der Waals surface area contributed by atoms with Gasteiger partial charge in [-0.2, -0.15) is 0 Å². The molecule has 1 aliphatic carbocycles. The minimum Gasteiger partial charge on any atom is -0.481 e. The highest BCUT2D eigenvalue weighted by Crippen LogP contribution is 2.29. The number of hydrogen-bond donors (Lipinski definition) is 2. The van der Waals surface area contributed by atoms with Gasteiger partial charge >= 0.3 is 5.97 Å². The van der Waals surface area contributed by atoms with E-state index < -0.39 is 5.97 Å². The van der Waals surface area contributed by atoms with Crippen LogP contribution < -0.4 is 5.32 Å². The second kappa shape index (κ2) is 7.08. The predicted octanol–water partition coefficient (Wildman–Crippen LogP) is 3.85. The zero-order valence-electron chi connectivity index (χ0n) is 13.4. The molecule has 0 aliphatic heterocycles. The van der Waals surface area contributed by atoms with Crippen LogP contribution in [0.3, 0.4) is 0 Å². The van der Waals surface area contributed by atoms with Gasteiger partial charge in [0.15, 0.2) is 0 Å². The van der Waals surface area contributed by atoms with E-state index in [-0.39, 0.29) is 5.92 Å². The van der Waals surface area contributed by atoms with Crippen molar-refractivity contribution in [1.29, 1.82) is 0 Å².